The van der Waals surface area contributed by atoms with Crippen LogP contribution in [0, 0.1) is 0 Å². The molecule has 0 spiro atoms. The van der Waals surface area contributed by atoms with Gasteiger partial charge in [0.1, 0.15) is 0 Å². The summed E-state index contributed by atoms with van der Waals surface area (Å²) >= 11 is 1.85. The number of hydrogen-bond donors (Lipinski definition) is 0. The summed E-state index contributed by atoms with van der Waals surface area (Å²) < 4.78 is 1.24. The summed E-state index contributed by atoms with van der Waals surface area (Å²) in [4.78, 5) is 16.7. The summed E-state index contributed by atoms with van der Waals surface area (Å²) in [7, 11) is 0. The van der Waals surface area contributed by atoms with E-state index in [4.69, 9.17) is 15.0 Å². The number of rotatable bonds is 6. The number of thiophene rings is 1. The highest BCUT2D eigenvalue weighted by atomic mass is 32.1. The van der Waals surface area contributed by atoms with Crippen LogP contribution in [0.3, 0.4) is 0 Å². The van der Waals surface area contributed by atoms with Crippen LogP contribution >= 0.6 is 11.3 Å². The van der Waals surface area contributed by atoms with Gasteiger partial charge >= 0.3 is 0 Å². The maximum Gasteiger partial charge on any atom is 0.160 e. The molecule has 0 unspecified atom stereocenters. The largest absolute Gasteiger partial charge is 0.247 e. The van der Waals surface area contributed by atoms with Crippen LogP contribution in [0.25, 0.3) is 98.5 Å². The van der Waals surface area contributed by atoms with E-state index in [1.807, 2.05) is 35.6 Å². The molecular formula is C49H31N3S. The van der Waals surface area contributed by atoms with Crippen molar-refractivity contribution in [3.63, 3.8) is 0 Å². The summed E-state index contributed by atoms with van der Waals surface area (Å²) in [5.41, 5.74) is 12.9. The number of para-hydroxylation sites is 2. The van der Waals surface area contributed by atoms with E-state index in [9.17, 15) is 0 Å². The standard InChI is InChI=1S/C49H31N3S/c1-4-15-32(16-5-1)37-21-14-22-38(31-37)43-44-46(33-17-6-2-7-18-33)50-42-26-13-11-24-40(42)48(44)53-47(43)35-29-27-34(28-30-35)45-39-23-10-12-25-41(39)51-49(52-45)36-19-8-3-9-20-36/h1-31H. The Kier molecular flexibility index (Phi) is 7.67. The Labute approximate surface area is 311 Å². The second kappa shape index (κ2) is 13.1. The molecule has 3 heterocycles. The lowest BCUT2D eigenvalue weighted by atomic mass is 9.92. The zero-order chi connectivity index (χ0) is 35.1. The van der Waals surface area contributed by atoms with Crippen molar-refractivity contribution >= 4 is 43.2 Å². The number of fused-ring (bicyclic) bond motifs is 4. The van der Waals surface area contributed by atoms with Crippen LogP contribution in [0.4, 0.5) is 0 Å². The van der Waals surface area contributed by atoms with Gasteiger partial charge in [0.2, 0.25) is 0 Å². The molecule has 10 aromatic rings. The van der Waals surface area contributed by atoms with Gasteiger partial charge in [0, 0.05) is 48.0 Å². The van der Waals surface area contributed by atoms with Crippen LogP contribution in [-0.4, -0.2) is 15.0 Å². The lowest BCUT2D eigenvalue weighted by Gasteiger charge is -2.13. The molecule has 3 nitrogen and oxygen atoms in total. The third kappa shape index (κ3) is 5.57. The minimum absolute atomic E-state index is 0.723. The van der Waals surface area contributed by atoms with Crippen molar-refractivity contribution in [2.75, 3.05) is 0 Å². The molecule has 0 fully saturated rings. The predicted octanol–water partition coefficient (Wildman–Crippen LogP) is 13.4. The van der Waals surface area contributed by atoms with E-state index < -0.39 is 0 Å². The molecule has 0 aliphatic heterocycles. The number of nitrogens with zero attached hydrogens (tertiary/aromatic N) is 3. The van der Waals surface area contributed by atoms with Gasteiger partial charge in [-0.05, 0) is 40.5 Å². The Hall–Kier alpha value is -6.75. The summed E-state index contributed by atoms with van der Waals surface area (Å²) in [5.74, 6) is 0.723. The average Bonchev–Trinajstić information content (AvgIpc) is 3.65. The monoisotopic (exact) mass is 693 g/mol. The molecule has 53 heavy (non-hydrogen) atoms. The minimum Gasteiger partial charge on any atom is -0.247 e. The molecule has 4 heteroatoms. The van der Waals surface area contributed by atoms with E-state index in [2.05, 4.69) is 164 Å². The van der Waals surface area contributed by atoms with E-state index in [0.29, 0.717) is 0 Å². The summed E-state index contributed by atoms with van der Waals surface area (Å²) in [6, 6.07) is 66.1. The molecule has 10 rings (SSSR count). The molecule has 0 saturated heterocycles. The molecule has 0 aliphatic rings. The molecule has 0 radical (unpaired) electrons. The van der Waals surface area contributed by atoms with Crippen LogP contribution in [0.15, 0.2) is 188 Å². The highest BCUT2D eigenvalue weighted by Crippen LogP contribution is 2.50. The summed E-state index contributed by atoms with van der Waals surface area (Å²) in [5, 5.41) is 3.38. The molecular weight excluding hydrogens is 663 g/mol. The molecule has 248 valence electrons. The van der Waals surface area contributed by atoms with Gasteiger partial charge in [-0.25, -0.2) is 15.0 Å². The van der Waals surface area contributed by atoms with Crippen LogP contribution < -0.4 is 0 Å². The van der Waals surface area contributed by atoms with Crippen molar-refractivity contribution in [2.24, 2.45) is 0 Å². The van der Waals surface area contributed by atoms with Crippen molar-refractivity contribution in [3.05, 3.63) is 188 Å². The first-order valence-electron chi connectivity index (χ1n) is 17.8. The smallest absolute Gasteiger partial charge is 0.160 e. The maximum absolute atomic E-state index is 5.36. The number of aromatic nitrogens is 3. The quantitative estimate of drug-likeness (QED) is 0.174. The van der Waals surface area contributed by atoms with Crippen LogP contribution in [0.5, 0.6) is 0 Å². The van der Waals surface area contributed by atoms with Gasteiger partial charge in [0.25, 0.3) is 0 Å². The van der Waals surface area contributed by atoms with Gasteiger partial charge in [-0.3, -0.25) is 0 Å². The van der Waals surface area contributed by atoms with E-state index in [1.54, 1.807) is 0 Å². The maximum atomic E-state index is 5.36. The van der Waals surface area contributed by atoms with Crippen molar-refractivity contribution < 1.29 is 0 Å². The Morgan fingerprint density at radius 2 is 0.868 bits per heavy atom. The third-order valence-corrected chi connectivity index (χ3v) is 11.2. The van der Waals surface area contributed by atoms with E-state index in [0.717, 1.165) is 61.3 Å². The summed E-state index contributed by atoms with van der Waals surface area (Å²) in [6.45, 7) is 0. The lowest BCUT2D eigenvalue weighted by molar-refractivity contribution is 1.23. The fourth-order valence-electron chi connectivity index (χ4n) is 7.35. The fourth-order valence-corrected chi connectivity index (χ4v) is 8.71. The molecule has 0 bridgehead atoms. The van der Waals surface area contributed by atoms with E-state index >= 15 is 0 Å². The molecule has 0 atom stereocenters. The second-order valence-corrected chi connectivity index (χ2v) is 14.2. The zero-order valence-electron chi connectivity index (χ0n) is 28.6. The Morgan fingerprint density at radius 3 is 1.58 bits per heavy atom. The van der Waals surface area contributed by atoms with Crippen LogP contribution in [-0.2, 0) is 0 Å². The Bertz CT molecular complexity index is 2920. The molecule has 0 saturated carbocycles. The fraction of sp³-hybridized carbons (Fsp3) is 0. The minimum atomic E-state index is 0.723. The number of benzene rings is 7. The lowest BCUT2D eigenvalue weighted by Crippen LogP contribution is -1.95. The van der Waals surface area contributed by atoms with Gasteiger partial charge in [-0.15, -0.1) is 11.3 Å². The van der Waals surface area contributed by atoms with Gasteiger partial charge < -0.3 is 0 Å². The van der Waals surface area contributed by atoms with E-state index in [1.165, 1.54) is 37.2 Å². The van der Waals surface area contributed by atoms with Crippen molar-refractivity contribution in [1.29, 1.82) is 0 Å². The van der Waals surface area contributed by atoms with Gasteiger partial charge in [0.05, 0.1) is 22.4 Å². The molecule has 0 aliphatic carbocycles. The van der Waals surface area contributed by atoms with Crippen molar-refractivity contribution in [3.8, 4) is 66.6 Å². The highest BCUT2D eigenvalue weighted by Gasteiger charge is 2.23. The normalized spacial score (nSPS) is 11.4. The Morgan fingerprint density at radius 1 is 0.340 bits per heavy atom. The average molecular weight is 694 g/mol. The molecule has 0 amide bonds. The van der Waals surface area contributed by atoms with Gasteiger partial charge in [-0.2, -0.15) is 0 Å². The van der Waals surface area contributed by atoms with Crippen molar-refractivity contribution in [1.82, 2.24) is 15.0 Å². The second-order valence-electron chi connectivity index (χ2n) is 13.2. The zero-order valence-corrected chi connectivity index (χ0v) is 29.5. The predicted molar refractivity (Wildman–Crippen MR) is 223 cm³/mol. The third-order valence-electron chi connectivity index (χ3n) is 9.89. The first-order chi connectivity index (χ1) is 26.3. The topological polar surface area (TPSA) is 38.7 Å². The highest BCUT2D eigenvalue weighted by molar-refractivity contribution is 7.24. The molecule has 0 N–H and O–H groups in total. The number of hydrogen-bond acceptors (Lipinski definition) is 4. The Balaban J connectivity index is 1.21. The van der Waals surface area contributed by atoms with Crippen molar-refractivity contribution in [2.45, 2.75) is 0 Å². The van der Waals surface area contributed by atoms with Gasteiger partial charge in [-0.1, -0.05) is 170 Å². The van der Waals surface area contributed by atoms with Gasteiger partial charge in [0.15, 0.2) is 5.82 Å². The number of pyridine rings is 1. The first kappa shape index (κ1) is 31.0. The van der Waals surface area contributed by atoms with Crippen LogP contribution in [0.1, 0.15) is 0 Å². The first-order valence-corrected chi connectivity index (χ1v) is 18.6. The van der Waals surface area contributed by atoms with E-state index in [-0.39, 0.29) is 0 Å². The molecule has 7 aromatic carbocycles. The summed E-state index contributed by atoms with van der Waals surface area (Å²) in [6.07, 6.45) is 0. The van der Waals surface area contributed by atoms with Crippen LogP contribution in [0.2, 0.25) is 0 Å². The molecule has 3 aromatic heterocycles. The SMILES string of the molecule is c1ccc(-c2cccc(-c3c(-c4ccc(-c5nc(-c6ccccc6)nc6ccccc56)cc4)sc4c3c(-c3ccccc3)nc3ccccc34)c2)cc1.